The molecule has 7 heteroatoms. The van der Waals surface area contributed by atoms with E-state index in [4.69, 9.17) is 0 Å². The van der Waals surface area contributed by atoms with E-state index in [1.54, 1.807) is 16.8 Å². The third kappa shape index (κ3) is 2.57. The van der Waals surface area contributed by atoms with Crippen LogP contribution in [0.15, 0.2) is 35.7 Å². The van der Waals surface area contributed by atoms with Gasteiger partial charge in [0.15, 0.2) is 9.84 Å². The van der Waals surface area contributed by atoms with Gasteiger partial charge in [-0.2, -0.15) is 0 Å². The van der Waals surface area contributed by atoms with E-state index in [-0.39, 0.29) is 10.5 Å². The molecule has 0 fully saturated rings. The smallest absolute Gasteiger partial charge is 0.336 e. The van der Waals surface area contributed by atoms with Crippen LogP contribution in [0.4, 0.5) is 0 Å². The maximum Gasteiger partial charge on any atom is 0.336 e. The summed E-state index contributed by atoms with van der Waals surface area (Å²) in [5, 5.41) is 9.19. The van der Waals surface area contributed by atoms with E-state index < -0.39 is 15.8 Å². The second-order valence-electron chi connectivity index (χ2n) is 4.38. The van der Waals surface area contributed by atoms with Gasteiger partial charge >= 0.3 is 5.97 Å². The van der Waals surface area contributed by atoms with Crippen LogP contribution in [0.3, 0.4) is 0 Å². The molecule has 20 heavy (non-hydrogen) atoms. The lowest BCUT2D eigenvalue weighted by Gasteiger charge is -2.13. The molecule has 1 N–H and O–H groups in total. The van der Waals surface area contributed by atoms with Gasteiger partial charge in [-0.1, -0.05) is 6.92 Å². The second kappa shape index (κ2) is 5.09. The molecule has 0 unspecified atom stereocenters. The molecular formula is C13H14N2O4S. The van der Waals surface area contributed by atoms with Crippen molar-refractivity contribution in [2.24, 2.45) is 0 Å². The SMILES string of the molecule is CCc1cc(-n2ccnc2)c(S(C)(=O)=O)cc1C(=O)O. The number of imidazole rings is 1. The van der Waals surface area contributed by atoms with Crippen LogP contribution in [0.2, 0.25) is 0 Å². The van der Waals surface area contributed by atoms with E-state index in [2.05, 4.69) is 4.98 Å². The van der Waals surface area contributed by atoms with E-state index in [1.165, 1.54) is 18.6 Å². The fraction of sp³-hybridized carbons (Fsp3) is 0.231. The van der Waals surface area contributed by atoms with E-state index in [1.807, 2.05) is 6.92 Å². The molecule has 0 spiro atoms. The summed E-state index contributed by atoms with van der Waals surface area (Å²) in [5.41, 5.74) is 0.997. The number of aromatic nitrogens is 2. The molecule has 0 radical (unpaired) electrons. The average Bonchev–Trinajstić information content (AvgIpc) is 2.89. The van der Waals surface area contributed by atoms with Gasteiger partial charge in [0.1, 0.15) is 0 Å². The highest BCUT2D eigenvalue weighted by Gasteiger charge is 2.20. The zero-order valence-corrected chi connectivity index (χ0v) is 11.9. The Morgan fingerprint density at radius 3 is 2.55 bits per heavy atom. The molecule has 0 saturated heterocycles. The maximum atomic E-state index is 11.9. The lowest BCUT2D eigenvalue weighted by Crippen LogP contribution is -2.10. The normalized spacial score (nSPS) is 11.5. The Balaban J connectivity index is 2.82. The van der Waals surface area contributed by atoms with E-state index in [0.717, 1.165) is 6.26 Å². The molecule has 6 nitrogen and oxygen atoms in total. The molecule has 1 aromatic heterocycles. The number of benzene rings is 1. The molecule has 2 aromatic rings. The summed E-state index contributed by atoms with van der Waals surface area (Å²) in [7, 11) is -3.55. The molecule has 106 valence electrons. The summed E-state index contributed by atoms with van der Waals surface area (Å²) in [5.74, 6) is -1.14. The van der Waals surface area contributed by atoms with Gasteiger partial charge < -0.3 is 9.67 Å². The number of aryl methyl sites for hydroxylation is 1. The first-order valence-corrected chi connectivity index (χ1v) is 7.82. The summed E-state index contributed by atoms with van der Waals surface area (Å²) in [6.07, 6.45) is 6.17. The van der Waals surface area contributed by atoms with Gasteiger partial charge in [0.2, 0.25) is 0 Å². The number of aromatic carboxylic acids is 1. The fourth-order valence-corrected chi connectivity index (χ4v) is 2.88. The third-order valence-corrected chi connectivity index (χ3v) is 4.10. The average molecular weight is 294 g/mol. The van der Waals surface area contributed by atoms with E-state index >= 15 is 0 Å². The van der Waals surface area contributed by atoms with Crippen molar-refractivity contribution in [1.29, 1.82) is 0 Å². The number of nitrogens with zero attached hydrogens (tertiary/aromatic N) is 2. The third-order valence-electron chi connectivity index (χ3n) is 2.98. The molecule has 2 rings (SSSR count). The monoisotopic (exact) mass is 294 g/mol. The first-order chi connectivity index (χ1) is 9.34. The highest BCUT2D eigenvalue weighted by atomic mass is 32.2. The molecule has 0 aliphatic heterocycles. The summed E-state index contributed by atoms with van der Waals surface area (Å²) < 4.78 is 25.4. The Hall–Kier alpha value is -2.15. The van der Waals surface area contributed by atoms with Gasteiger partial charge in [-0.05, 0) is 24.1 Å². The highest BCUT2D eigenvalue weighted by molar-refractivity contribution is 7.90. The minimum absolute atomic E-state index is 0.0109. The summed E-state index contributed by atoms with van der Waals surface area (Å²) in [6.45, 7) is 1.82. The molecule has 0 bridgehead atoms. The number of rotatable bonds is 4. The van der Waals surface area contributed by atoms with Crippen molar-refractivity contribution in [3.63, 3.8) is 0 Å². The fourth-order valence-electron chi connectivity index (χ4n) is 2.00. The number of hydrogen-bond acceptors (Lipinski definition) is 4. The predicted octanol–water partition coefficient (Wildman–Crippen LogP) is 1.54. The van der Waals surface area contributed by atoms with Gasteiger partial charge in [0.25, 0.3) is 0 Å². The first kappa shape index (κ1) is 14.3. The Morgan fingerprint density at radius 1 is 1.40 bits per heavy atom. The van der Waals surface area contributed by atoms with Crippen molar-refractivity contribution in [1.82, 2.24) is 9.55 Å². The Labute approximate surface area is 116 Å². The highest BCUT2D eigenvalue weighted by Crippen LogP contribution is 2.25. The quantitative estimate of drug-likeness (QED) is 0.923. The van der Waals surface area contributed by atoms with Gasteiger partial charge in [-0.25, -0.2) is 18.2 Å². The number of carboxylic acid groups (broad SMARTS) is 1. The largest absolute Gasteiger partial charge is 0.478 e. The number of sulfone groups is 1. The summed E-state index contributed by atoms with van der Waals surface area (Å²) in [4.78, 5) is 15.1. The van der Waals surface area contributed by atoms with Gasteiger partial charge in [0.05, 0.1) is 22.5 Å². The number of carbonyl (C=O) groups is 1. The molecular weight excluding hydrogens is 280 g/mol. The lowest BCUT2D eigenvalue weighted by molar-refractivity contribution is 0.0695. The van der Waals surface area contributed by atoms with Gasteiger partial charge in [-0.15, -0.1) is 0 Å². The van der Waals surface area contributed by atoms with Crippen molar-refractivity contribution >= 4 is 15.8 Å². The van der Waals surface area contributed by atoms with Crippen LogP contribution in [0.5, 0.6) is 0 Å². The van der Waals surface area contributed by atoms with Crippen LogP contribution in [0.25, 0.3) is 5.69 Å². The predicted molar refractivity (Wildman–Crippen MR) is 73.0 cm³/mol. The molecule has 0 amide bonds. The molecule has 1 heterocycles. The van der Waals surface area contributed by atoms with E-state index in [9.17, 15) is 18.3 Å². The van der Waals surface area contributed by atoms with Crippen LogP contribution < -0.4 is 0 Å². The van der Waals surface area contributed by atoms with Crippen molar-refractivity contribution < 1.29 is 18.3 Å². The standard InChI is InChI=1S/C13H14N2O4S/c1-3-9-6-11(15-5-4-14-8-15)12(20(2,18)19)7-10(9)13(16)17/h4-8H,3H2,1-2H3,(H,16,17). The van der Waals surface area contributed by atoms with Crippen LogP contribution in [-0.4, -0.2) is 35.3 Å². The van der Waals surface area contributed by atoms with Crippen molar-refractivity contribution in [2.75, 3.05) is 6.26 Å². The Bertz CT molecular complexity index is 749. The lowest BCUT2D eigenvalue weighted by atomic mass is 10.0. The van der Waals surface area contributed by atoms with Crippen LogP contribution in [0, 0.1) is 0 Å². The summed E-state index contributed by atoms with van der Waals surface area (Å²) in [6, 6.07) is 2.80. The Kier molecular flexibility index (Phi) is 3.63. The van der Waals surface area contributed by atoms with Crippen LogP contribution in [-0.2, 0) is 16.3 Å². The second-order valence-corrected chi connectivity index (χ2v) is 6.36. The minimum atomic E-state index is -3.55. The zero-order valence-electron chi connectivity index (χ0n) is 11.1. The van der Waals surface area contributed by atoms with Gasteiger partial charge in [-0.3, -0.25) is 0 Å². The molecule has 0 saturated carbocycles. The zero-order chi connectivity index (χ0) is 14.9. The van der Waals surface area contributed by atoms with Crippen molar-refractivity contribution in [3.05, 3.63) is 42.0 Å². The Morgan fingerprint density at radius 2 is 2.10 bits per heavy atom. The first-order valence-electron chi connectivity index (χ1n) is 5.93. The van der Waals surface area contributed by atoms with E-state index in [0.29, 0.717) is 17.7 Å². The topological polar surface area (TPSA) is 89.3 Å². The number of hydrogen-bond donors (Lipinski definition) is 1. The van der Waals surface area contributed by atoms with Crippen molar-refractivity contribution in [3.8, 4) is 5.69 Å². The number of carboxylic acids is 1. The van der Waals surface area contributed by atoms with Crippen LogP contribution >= 0.6 is 0 Å². The molecule has 0 atom stereocenters. The molecule has 0 aliphatic carbocycles. The van der Waals surface area contributed by atoms with Crippen molar-refractivity contribution in [2.45, 2.75) is 18.2 Å². The maximum absolute atomic E-state index is 11.9. The molecule has 0 aliphatic rings. The van der Waals surface area contributed by atoms with Crippen LogP contribution in [0.1, 0.15) is 22.8 Å². The summed E-state index contributed by atoms with van der Waals surface area (Å²) >= 11 is 0. The molecule has 1 aromatic carbocycles. The van der Waals surface area contributed by atoms with Gasteiger partial charge in [0, 0.05) is 18.6 Å². The minimum Gasteiger partial charge on any atom is -0.478 e.